The Kier molecular flexibility index (Phi) is 11.7. The van der Waals surface area contributed by atoms with Gasteiger partial charge in [-0.25, -0.2) is 9.18 Å². The van der Waals surface area contributed by atoms with Gasteiger partial charge in [-0.3, -0.25) is 0 Å². The number of nitrogens with one attached hydrogen (secondary N) is 1. The van der Waals surface area contributed by atoms with Crippen molar-refractivity contribution in [3.63, 3.8) is 0 Å². The smallest absolute Gasteiger partial charge is 0.410 e. The molecule has 36 heavy (non-hydrogen) atoms. The Morgan fingerprint density at radius 1 is 1.25 bits per heavy atom. The zero-order valence-corrected chi connectivity index (χ0v) is 22.7. The maximum atomic E-state index is 15.1. The molecule has 1 aromatic carbocycles. The van der Waals surface area contributed by atoms with E-state index in [2.05, 4.69) is 5.32 Å². The van der Waals surface area contributed by atoms with E-state index in [-0.39, 0.29) is 28.7 Å². The van der Waals surface area contributed by atoms with E-state index in [1.165, 1.54) is 38.2 Å². The Morgan fingerprint density at radius 3 is 2.75 bits per heavy atom. The number of carbonyl (C=O) groups is 1. The van der Waals surface area contributed by atoms with E-state index in [4.69, 9.17) is 21.1 Å². The minimum absolute atomic E-state index is 0.00693. The van der Waals surface area contributed by atoms with Gasteiger partial charge in [-0.15, -0.1) is 0 Å². The van der Waals surface area contributed by atoms with Crippen LogP contribution in [0.4, 0.5) is 9.18 Å². The largest absolute Gasteiger partial charge is 0.445 e. The Balaban J connectivity index is 1.72. The van der Waals surface area contributed by atoms with Gasteiger partial charge in [0.2, 0.25) is 0 Å². The fraction of sp³-hybridized carbons (Fsp3) is 0.750. The average Bonchev–Trinajstić information content (AvgIpc) is 2.89. The van der Waals surface area contributed by atoms with Crippen LogP contribution in [0.3, 0.4) is 0 Å². The zero-order valence-electron chi connectivity index (χ0n) is 21.9. The summed E-state index contributed by atoms with van der Waals surface area (Å²) in [5.74, 6) is -0.313. The van der Waals surface area contributed by atoms with Crippen LogP contribution >= 0.6 is 11.6 Å². The first-order valence-electron chi connectivity index (χ1n) is 13.6. The number of ether oxygens (including phenoxy) is 2. The normalized spacial score (nSPS) is 21.7. The van der Waals surface area contributed by atoms with Crippen molar-refractivity contribution in [3.8, 4) is 0 Å². The van der Waals surface area contributed by atoms with Crippen LogP contribution in [0.15, 0.2) is 18.2 Å². The SMILES string of the molecule is CNC[C@@H](CC1CCCCC1)OC(=O)N1CCC[C@H]([C@@](O)(CCCCOC)c2cccc(Cl)c2F)C1. The lowest BCUT2D eigenvalue weighted by molar-refractivity contribution is -0.0643. The van der Waals surface area contributed by atoms with E-state index < -0.39 is 11.4 Å². The second kappa shape index (κ2) is 14.5. The third kappa shape index (κ3) is 7.80. The molecule has 1 aliphatic heterocycles. The molecule has 1 saturated heterocycles. The van der Waals surface area contributed by atoms with E-state index >= 15 is 4.39 Å². The fourth-order valence-electron chi connectivity index (χ4n) is 5.98. The Hall–Kier alpha value is -1.41. The van der Waals surface area contributed by atoms with Gasteiger partial charge >= 0.3 is 6.09 Å². The van der Waals surface area contributed by atoms with Gasteiger partial charge in [0.15, 0.2) is 0 Å². The molecule has 8 heteroatoms. The highest BCUT2D eigenvalue weighted by Crippen LogP contribution is 2.42. The van der Waals surface area contributed by atoms with Crippen molar-refractivity contribution in [2.75, 3.05) is 40.4 Å². The van der Waals surface area contributed by atoms with Gasteiger partial charge in [-0.1, -0.05) is 55.8 Å². The number of rotatable bonds is 12. The number of aliphatic hydroxyl groups is 1. The molecule has 0 radical (unpaired) electrons. The number of carbonyl (C=O) groups excluding carboxylic acids is 1. The third-order valence-electron chi connectivity index (χ3n) is 7.95. The highest BCUT2D eigenvalue weighted by molar-refractivity contribution is 6.30. The van der Waals surface area contributed by atoms with Crippen molar-refractivity contribution >= 4 is 17.7 Å². The number of benzene rings is 1. The first kappa shape index (κ1) is 29.2. The number of piperidine rings is 1. The maximum Gasteiger partial charge on any atom is 0.410 e. The standard InChI is InChI=1S/C28H44ClFN2O4/c1-31-19-23(18-21-10-4-3-5-11-21)36-27(33)32-16-9-12-22(20-32)28(34,15-6-7-17-35-2)24-13-8-14-25(29)26(24)30/h8,13-14,21-23,31,34H,3-7,9-12,15-20H2,1-2H3/t22-,23+,28-/m0/s1. The molecule has 0 aromatic heterocycles. The lowest BCUT2D eigenvalue weighted by Crippen LogP contribution is -2.49. The van der Waals surface area contributed by atoms with Crippen LogP contribution in [0.25, 0.3) is 0 Å². The summed E-state index contributed by atoms with van der Waals surface area (Å²) in [4.78, 5) is 14.9. The van der Waals surface area contributed by atoms with Gasteiger partial charge in [0.05, 0.1) is 10.6 Å². The summed E-state index contributed by atoms with van der Waals surface area (Å²) >= 11 is 6.09. The summed E-state index contributed by atoms with van der Waals surface area (Å²) < 4.78 is 26.3. The highest BCUT2D eigenvalue weighted by Gasteiger charge is 2.43. The molecule has 2 fully saturated rings. The number of hydrogen-bond acceptors (Lipinski definition) is 5. The summed E-state index contributed by atoms with van der Waals surface area (Å²) in [5.41, 5.74) is -1.23. The quantitative estimate of drug-likeness (QED) is 0.332. The summed E-state index contributed by atoms with van der Waals surface area (Å²) in [5, 5.41) is 15.1. The first-order valence-corrected chi connectivity index (χ1v) is 14.0. The van der Waals surface area contributed by atoms with Crippen molar-refractivity contribution < 1.29 is 23.8 Å². The van der Waals surface area contributed by atoms with E-state index in [0.29, 0.717) is 51.4 Å². The van der Waals surface area contributed by atoms with Crippen molar-refractivity contribution in [2.24, 2.45) is 11.8 Å². The number of unbranched alkanes of at least 4 members (excludes halogenated alkanes) is 1. The van der Waals surface area contributed by atoms with Crippen molar-refractivity contribution in [3.05, 3.63) is 34.6 Å². The molecule has 1 amide bonds. The molecule has 0 spiro atoms. The van der Waals surface area contributed by atoms with Crippen LogP contribution < -0.4 is 5.32 Å². The van der Waals surface area contributed by atoms with Crippen LogP contribution in [-0.4, -0.2) is 62.6 Å². The molecule has 1 aliphatic carbocycles. The monoisotopic (exact) mass is 526 g/mol. The lowest BCUT2D eigenvalue weighted by atomic mass is 9.74. The molecule has 6 nitrogen and oxygen atoms in total. The van der Waals surface area contributed by atoms with Gasteiger partial charge in [-0.05, 0) is 57.6 Å². The molecule has 2 N–H and O–H groups in total. The summed E-state index contributed by atoms with van der Waals surface area (Å²) in [7, 11) is 3.52. The summed E-state index contributed by atoms with van der Waals surface area (Å²) in [6, 6.07) is 4.77. The number of halogens is 2. The Morgan fingerprint density at radius 2 is 2.03 bits per heavy atom. The lowest BCUT2D eigenvalue weighted by Gasteiger charge is -2.43. The van der Waals surface area contributed by atoms with Crippen LogP contribution in [0, 0.1) is 17.7 Å². The number of likely N-dealkylation sites (N-methyl/N-ethyl adjacent to an activating group) is 1. The number of methoxy groups -OCH3 is 1. The predicted molar refractivity (Wildman–Crippen MR) is 141 cm³/mol. The van der Waals surface area contributed by atoms with E-state index in [0.717, 1.165) is 19.3 Å². The molecule has 2 aliphatic rings. The number of nitrogens with zero attached hydrogens (tertiary/aromatic N) is 1. The molecule has 3 atom stereocenters. The van der Waals surface area contributed by atoms with Crippen LogP contribution in [0.5, 0.6) is 0 Å². The highest BCUT2D eigenvalue weighted by atomic mass is 35.5. The van der Waals surface area contributed by atoms with Crippen molar-refractivity contribution in [1.82, 2.24) is 10.2 Å². The second-order valence-electron chi connectivity index (χ2n) is 10.6. The molecular formula is C28H44ClFN2O4. The van der Waals surface area contributed by atoms with Gasteiger partial charge in [0.1, 0.15) is 11.9 Å². The molecule has 0 bridgehead atoms. The van der Waals surface area contributed by atoms with E-state index in [1.54, 1.807) is 24.1 Å². The molecule has 0 unspecified atom stereocenters. The van der Waals surface area contributed by atoms with Crippen LogP contribution in [0.1, 0.15) is 76.2 Å². The molecule has 1 aromatic rings. The van der Waals surface area contributed by atoms with Gasteiger partial charge < -0.3 is 24.8 Å². The Labute approximate surface area is 220 Å². The third-order valence-corrected chi connectivity index (χ3v) is 8.24. The summed E-state index contributed by atoms with van der Waals surface area (Å²) in [6.07, 6.45) is 9.76. The summed E-state index contributed by atoms with van der Waals surface area (Å²) in [6.45, 7) is 2.09. The zero-order chi connectivity index (χ0) is 26.0. The molecule has 204 valence electrons. The van der Waals surface area contributed by atoms with Gasteiger partial charge in [0.25, 0.3) is 0 Å². The molecule has 1 saturated carbocycles. The molecule has 1 heterocycles. The minimum atomic E-state index is -1.44. The van der Waals surface area contributed by atoms with Crippen molar-refractivity contribution in [2.45, 2.75) is 82.3 Å². The predicted octanol–water partition coefficient (Wildman–Crippen LogP) is 5.89. The molecule has 3 rings (SSSR count). The molecular weight excluding hydrogens is 483 g/mol. The number of likely N-dealkylation sites (tertiary alicyclic amines) is 1. The van der Waals surface area contributed by atoms with Crippen LogP contribution in [-0.2, 0) is 15.1 Å². The fourth-order valence-corrected chi connectivity index (χ4v) is 6.16. The van der Waals surface area contributed by atoms with Gasteiger partial charge in [0, 0.05) is 44.8 Å². The van der Waals surface area contributed by atoms with Crippen molar-refractivity contribution in [1.29, 1.82) is 0 Å². The Bertz CT molecular complexity index is 823. The number of amides is 1. The van der Waals surface area contributed by atoms with E-state index in [9.17, 15) is 9.90 Å². The maximum absolute atomic E-state index is 15.1. The van der Waals surface area contributed by atoms with Gasteiger partial charge in [-0.2, -0.15) is 0 Å². The average molecular weight is 527 g/mol. The van der Waals surface area contributed by atoms with E-state index in [1.807, 2.05) is 7.05 Å². The topological polar surface area (TPSA) is 71.0 Å². The minimum Gasteiger partial charge on any atom is -0.445 e. The second-order valence-corrected chi connectivity index (χ2v) is 11.0. The van der Waals surface area contributed by atoms with Crippen LogP contribution in [0.2, 0.25) is 5.02 Å². The number of hydrogen-bond donors (Lipinski definition) is 2. The first-order chi connectivity index (χ1) is 17.4.